The largest absolute Gasteiger partial charge is 0.506 e. The number of pyridine rings is 1. The number of carbonyl (C=O) groups excluding carboxylic acids is 1. The molecule has 1 atom stereocenters. The normalized spacial score (nSPS) is 18.0. The van der Waals surface area contributed by atoms with Gasteiger partial charge in [0.05, 0.1) is 5.57 Å². The van der Waals surface area contributed by atoms with E-state index in [1.165, 1.54) is 0 Å². The summed E-state index contributed by atoms with van der Waals surface area (Å²) >= 11 is 0. The number of hydrogen-bond acceptors (Lipinski definition) is 4. The lowest BCUT2D eigenvalue weighted by atomic mass is 10.0. The second-order valence-corrected chi connectivity index (χ2v) is 6.30. The summed E-state index contributed by atoms with van der Waals surface area (Å²) in [5.41, 5.74) is 2.75. The Morgan fingerprint density at radius 2 is 2.08 bits per heavy atom. The molecular formula is C20H21N3O2. The Hall–Kier alpha value is -2.95. The quantitative estimate of drug-likeness (QED) is 0.511. The van der Waals surface area contributed by atoms with Crippen molar-refractivity contribution in [3.63, 3.8) is 0 Å². The molecule has 3 rings (SSSR count). The molecule has 1 amide bonds. The highest BCUT2D eigenvalue weighted by Crippen LogP contribution is 2.28. The van der Waals surface area contributed by atoms with Gasteiger partial charge in [-0.2, -0.15) is 0 Å². The molecule has 0 aliphatic carbocycles. The van der Waals surface area contributed by atoms with Crippen LogP contribution in [0.25, 0.3) is 5.76 Å². The van der Waals surface area contributed by atoms with Gasteiger partial charge in [-0.25, -0.2) is 0 Å². The molecule has 5 heteroatoms. The van der Waals surface area contributed by atoms with E-state index in [-0.39, 0.29) is 23.2 Å². The number of amides is 1. The van der Waals surface area contributed by atoms with Gasteiger partial charge in [0.1, 0.15) is 5.76 Å². The molecule has 1 aromatic heterocycles. The Kier molecular flexibility index (Phi) is 4.93. The number of aromatic nitrogens is 1. The first-order valence-corrected chi connectivity index (χ1v) is 8.30. The minimum Gasteiger partial charge on any atom is -0.506 e. The van der Waals surface area contributed by atoms with Gasteiger partial charge in [-0.05, 0) is 25.0 Å². The minimum absolute atomic E-state index is 0.0238. The number of aliphatic hydroxyl groups excluding tert-OH is 1. The number of aliphatic hydroxyl groups is 1. The molecule has 2 N–H and O–H groups in total. The maximum absolute atomic E-state index is 12.8. The molecule has 2 heterocycles. The second-order valence-electron chi connectivity index (χ2n) is 6.30. The number of likely N-dealkylation sites (tertiary alicyclic amines) is 1. The molecule has 5 nitrogen and oxygen atoms in total. The summed E-state index contributed by atoms with van der Waals surface area (Å²) in [5, 5.41) is 18.0. The zero-order chi connectivity index (χ0) is 17.8. The smallest absolute Gasteiger partial charge is 0.259 e. The highest BCUT2D eigenvalue weighted by atomic mass is 16.3. The maximum atomic E-state index is 12.8. The number of nitrogens with one attached hydrogen (secondary N) is 1. The van der Waals surface area contributed by atoms with Crippen LogP contribution in [0, 0.1) is 12.3 Å². The van der Waals surface area contributed by atoms with Crippen molar-refractivity contribution < 1.29 is 9.90 Å². The van der Waals surface area contributed by atoms with Crippen LogP contribution in [0.5, 0.6) is 0 Å². The highest BCUT2D eigenvalue weighted by molar-refractivity contribution is 6.16. The molecule has 0 radical (unpaired) electrons. The number of hydrogen-bond donors (Lipinski definition) is 2. The number of rotatable bonds is 4. The van der Waals surface area contributed by atoms with E-state index in [0.717, 1.165) is 23.8 Å². The van der Waals surface area contributed by atoms with Crippen molar-refractivity contribution in [1.82, 2.24) is 9.88 Å². The summed E-state index contributed by atoms with van der Waals surface area (Å²) in [6, 6.07) is 11.2. The second kappa shape index (κ2) is 7.30. The van der Waals surface area contributed by atoms with E-state index in [4.69, 9.17) is 5.41 Å². The molecule has 1 saturated heterocycles. The van der Waals surface area contributed by atoms with Gasteiger partial charge in [0, 0.05) is 43.2 Å². The van der Waals surface area contributed by atoms with E-state index >= 15 is 0 Å². The summed E-state index contributed by atoms with van der Waals surface area (Å²) < 4.78 is 0. The van der Waals surface area contributed by atoms with Gasteiger partial charge in [-0.15, -0.1) is 0 Å². The highest BCUT2D eigenvalue weighted by Gasteiger charge is 2.30. The van der Waals surface area contributed by atoms with Crippen molar-refractivity contribution in [1.29, 1.82) is 5.41 Å². The summed E-state index contributed by atoms with van der Waals surface area (Å²) in [5.74, 6) is -0.213. The van der Waals surface area contributed by atoms with E-state index in [1.54, 1.807) is 23.2 Å². The molecule has 1 unspecified atom stereocenters. The summed E-state index contributed by atoms with van der Waals surface area (Å²) in [7, 11) is 0. The van der Waals surface area contributed by atoms with Gasteiger partial charge in [0.25, 0.3) is 5.91 Å². The Morgan fingerprint density at radius 3 is 2.72 bits per heavy atom. The molecule has 1 fully saturated rings. The maximum Gasteiger partial charge on any atom is 0.259 e. The molecule has 128 valence electrons. The Morgan fingerprint density at radius 1 is 1.32 bits per heavy atom. The fourth-order valence-electron chi connectivity index (χ4n) is 3.10. The van der Waals surface area contributed by atoms with Crippen molar-refractivity contribution in [2.45, 2.75) is 19.3 Å². The number of aryl methyl sites for hydroxylation is 1. The van der Waals surface area contributed by atoms with Crippen LogP contribution in [-0.2, 0) is 4.79 Å². The molecule has 0 saturated carbocycles. The SMILES string of the molecule is Cc1ccc(/C(O)=C(/C=N)C(=O)N2CCC(c3cccnc3)C2)cc1. The van der Waals surface area contributed by atoms with Crippen molar-refractivity contribution in [2.75, 3.05) is 13.1 Å². The molecule has 0 bridgehead atoms. The first kappa shape index (κ1) is 16.9. The third-order valence-electron chi connectivity index (χ3n) is 4.59. The standard InChI is InChI=1S/C20H21N3O2/c1-14-4-6-15(7-5-14)19(24)18(11-21)20(25)23-10-8-17(13-23)16-3-2-9-22-12-16/h2-7,9,11-12,17,21,24H,8,10,13H2,1H3/b19-18+,21-11?. The molecule has 1 aromatic carbocycles. The Labute approximate surface area is 147 Å². The number of carbonyl (C=O) groups is 1. The lowest BCUT2D eigenvalue weighted by Gasteiger charge is -2.18. The zero-order valence-electron chi connectivity index (χ0n) is 14.1. The van der Waals surface area contributed by atoms with Crippen molar-refractivity contribution in [2.24, 2.45) is 0 Å². The molecule has 1 aliphatic heterocycles. The third-order valence-corrected chi connectivity index (χ3v) is 4.59. The van der Waals surface area contributed by atoms with Gasteiger partial charge in [0.2, 0.25) is 0 Å². The number of nitrogens with zero attached hydrogens (tertiary/aromatic N) is 2. The van der Waals surface area contributed by atoms with Crippen molar-refractivity contribution >= 4 is 17.9 Å². The molecular weight excluding hydrogens is 314 g/mol. The van der Waals surface area contributed by atoms with Crippen LogP contribution in [0.3, 0.4) is 0 Å². The van der Waals surface area contributed by atoms with E-state index < -0.39 is 0 Å². The van der Waals surface area contributed by atoms with Crippen LogP contribution in [-0.4, -0.2) is 40.2 Å². The van der Waals surface area contributed by atoms with E-state index in [0.29, 0.717) is 18.7 Å². The number of benzene rings is 1. The first-order valence-electron chi connectivity index (χ1n) is 8.30. The predicted molar refractivity (Wildman–Crippen MR) is 97.7 cm³/mol. The Balaban J connectivity index is 1.80. The predicted octanol–water partition coefficient (Wildman–Crippen LogP) is 3.32. The summed E-state index contributed by atoms with van der Waals surface area (Å²) in [6.45, 7) is 3.13. The monoisotopic (exact) mass is 335 g/mol. The third kappa shape index (κ3) is 3.60. The minimum atomic E-state index is -0.306. The molecule has 1 aliphatic rings. The summed E-state index contributed by atoms with van der Waals surface area (Å²) in [4.78, 5) is 18.6. The average molecular weight is 335 g/mol. The van der Waals surface area contributed by atoms with Crippen LogP contribution >= 0.6 is 0 Å². The van der Waals surface area contributed by atoms with Crippen LogP contribution in [0.1, 0.15) is 29.0 Å². The van der Waals surface area contributed by atoms with Gasteiger partial charge in [0.15, 0.2) is 0 Å². The van der Waals surface area contributed by atoms with E-state index in [2.05, 4.69) is 4.98 Å². The van der Waals surface area contributed by atoms with Gasteiger partial charge in [-0.3, -0.25) is 9.78 Å². The molecule has 0 spiro atoms. The van der Waals surface area contributed by atoms with Gasteiger partial charge < -0.3 is 15.4 Å². The van der Waals surface area contributed by atoms with Gasteiger partial charge in [-0.1, -0.05) is 35.9 Å². The first-order chi connectivity index (χ1) is 12.1. The van der Waals surface area contributed by atoms with Crippen LogP contribution in [0.2, 0.25) is 0 Å². The Bertz CT molecular complexity index is 797. The topological polar surface area (TPSA) is 77.3 Å². The fraction of sp³-hybridized carbons (Fsp3) is 0.250. The van der Waals surface area contributed by atoms with E-state index in [9.17, 15) is 9.90 Å². The van der Waals surface area contributed by atoms with Crippen molar-refractivity contribution in [3.05, 3.63) is 71.1 Å². The summed E-state index contributed by atoms with van der Waals surface area (Å²) in [6.07, 6.45) is 5.36. The lowest BCUT2D eigenvalue weighted by Crippen LogP contribution is -2.30. The van der Waals surface area contributed by atoms with Crippen molar-refractivity contribution in [3.8, 4) is 0 Å². The van der Waals surface area contributed by atoms with Crippen LogP contribution < -0.4 is 0 Å². The molecule has 25 heavy (non-hydrogen) atoms. The average Bonchev–Trinajstić information content (AvgIpc) is 3.13. The van der Waals surface area contributed by atoms with Crippen LogP contribution in [0.15, 0.2) is 54.4 Å². The fourth-order valence-corrected chi connectivity index (χ4v) is 3.10. The van der Waals surface area contributed by atoms with Crippen LogP contribution in [0.4, 0.5) is 0 Å². The zero-order valence-corrected chi connectivity index (χ0v) is 14.1. The van der Waals surface area contributed by atoms with E-state index in [1.807, 2.05) is 37.4 Å². The molecule has 2 aromatic rings. The lowest BCUT2D eigenvalue weighted by molar-refractivity contribution is -0.125. The van der Waals surface area contributed by atoms with Gasteiger partial charge >= 0.3 is 0 Å².